The molecule has 2 heterocycles. The van der Waals surface area contributed by atoms with E-state index in [4.69, 9.17) is 0 Å². The van der Waals surface area contributed by atoms with Crippen molar-refractivity contribution >= 4 is 37.6 Å². The fraction of sp³-hybridized carbons (Fsp3) is 0.133. The summed E-state index contributed by atoms with van der Waals surface area (Å²) in [5, 5.41) is 23.8. The van der Waals surface area contributed by atoms with E-state index in [1.165, 1.54) is 42.0 Å². The van der Waals surface area contributed by atoms with Crippen LogP contribution in [0.5, 0.6) is 0 Å². The Morgan fingerprint density at radius 1 is 1.38 bits per heavy atom. The topological polar surface area (TPSA) is 103 Å². The number of aromatic nitrogens is 1. The molecule has 2 rings (SSSR count). The zero-order chi connectivity index (χ0) is 17.7. The van der Waals surface area contributed by atoms with Gasteiger partial charge in [0.15, 0.2) is 10.8 Å². The van der Waals surface area contributed by atoms with E-state index < -0.39 is 21.4 Å². The number of rotatable bonds is 2. The van der Waals surface area contributed by atoms with E-state index in [1.807, 2.05) is 6.92 Å². The van der Waals surface area contributed by atoms with Gasteiger partial charge in [0, 0.05) is 23.5 Å². The van der Waals surface area contributed by atoms with Crippen LogP contribution in [-0.4, -0.2) is 42.2 Å². The molecule has 1 unspecified atom stereocenters. The van der Waals surface area contributed by atoms with E-state index in [0.29, 0.717) is 10.7 Å². The molecule has 0 bridgehead atoms. The van der Waals surface area contributed by atoms with E-state index >= 15 is 0 Å². The minimum Gasteiger partial charge on any atom is -0.506 e. The molecule has 24 heavy (non-hydrogen) atoms. The minimum atomic E-state index is -3.22. The van der Waals surface area contributed by atoms with Crippen LogP contribution in [0.3, 0.4) is 0 Å². The van der Waals surface area contributed by atoms with Crippen molar-refractivity contribution in [3.63, 3.8) is 0 Å². The van der Waals surface area contributed by atoms with Crippen molar-refractivity contribution in [3.8, 4) is 0 Å². The second kappa shape index (κ2) is 7.47. The third-order valence-electron chi connectivity index (χ3n) is 3.05. The number of hydrogen-bond acceptors (Lipinski definition) is 5. The summed E-state index contributed by atoms with van der Waals surface area (Å²) in [6.07, 6.45) is 9.09. The van der Waals surface area contributed by atoms with Gasteiger partial charge in [-0.05, 0) is 13.0 Å². The molecule has 0 spiro atoms. The quantitative estimate of drug-likeness (QED) is 0.696. The highest BCUT2D eigenvalue weighted by molar-refractivity contribution is 8.01. The first kappa shape index (κ1) is 18.0. The summed E-state index contributed by atoms with van der Waals surface area (Å²) in [5.41, 5.74) is 0.242. The van der Waals surface area contributed by atoms with Crippen molar-refractivity contribution in [3.05, 3.63) is 58.3 Å². The Morgan fingerprint density at radius 3 is 2.71 bits per heavy atom. The van der Waals surface area contributed by atoms with Gasteiger partial charge in [-0.3, -0.25) is 14.4 Å². The van der Waals surface area contributed by atoms with E-state index in [2.05, 4.69) is 10.3 Å². The van der Waals surface area contributed by atoms with Gasteiger partial charge in [0.2, 0.25) is 0 Å². The number of aliphatic hydroxyl groups excluding tert-OH is 2. The largest absolute Gasteiger partial charge is 0.506 e. The van der Waals surface area contributed by atoms with Gasteiger partial charge in [-0.2, -0.15) is 0 Å². The van der Waals surface area contributed by atoms with Crippen molar-refractivity contribution in [2.75, 3.05) is 12.4 Å². The Labute approximate surface area is 144 Å². The monoisotopic (exact) mass is 367 g/mol. The van der Waals surface area contributed by atoms with E-state index in [0.717, 1.165) is 9.18 Å². The normalized spacial score (nSPS) is 28.0. The Balaban J connectivity index is 2.49. The zero-order valence-electron chi connectivity index (χ0n) is 13.0. The number of carbonyl (C=O) groups is 1. The van der Waals surface area contributed by atoms with E-state index in [9.17, 15) is 19.2 Å². The summed E-state index contributed by atoms with van der Waals surface area (Å²) in [7, 11) is -1.87. The number of amides is 1. The molecule has 1 aliphatic heterocycles. The van der Waals surface area contributed by atoms with Gasteiger partial charge in [-0.25, -0.2) is 9.19 Å². The van der Waals surface area contributed by atoms with Crippen LogP contribution >= 0.6 is 11.3 Å². The molecule has 3 N–H and O–H groups in total. The number of nitrogens with zero attached hydrogens (tertiary/aromatic N) is 2. The Bertz CT molecular complexity index is 871. The molecule has 0 radical (unpaired) electrons. The van der Waals surface area contributed by atoms with Crippen LogP contribution in [0, 0.1) is 6.92 Å². The smallest absolute Gasteiger partial charge is 0.278 e. The number of carbonyl (C=O) groups excluding carboxylic acids is 1. The summed E-state index contributed by atoms with van der Waals surface area (Å²) in [6, 6.07) is 0. The molecule has 1 aliphatic rings. The van der Waals surface area contributed by atoms with Crippen LogP contribution in [0.25, 0.3) is 0 Å². The third kappa shape index (κ3) is 3.94. The molecule has 0 saturated carbocycles. The lowest BCUT2D eigenvalue weighted by Gasteiger charge is -2.24. The summed E-state index contributed by atoms with van der Waals surface area (Å²) in [5.74, 6) is -1.08. The molecule has 7 nitrogen and oxygen atoms in total. The van der Waals surface area contributed by atoms with Gasteiger partial charge in [0.05, 0.1) is 9.71 Å². The fourth-order valence-corrected chi connectivity index (χ4v) is 3.67. The summed E-state index contributed by atoms with van der Waals surface area (Å²) < 4.78 is 13.8. The molecule has 0 aliphatic carbocycles. The molecule has 0 saturated heterocycles. The molecule has 128 valence electrons. The van der Waals surface area contributed by atoms with Crippen molar-refractivity contribution in [2.24, 2.45) is 0 Å². The number of hydrogen-bond donors (Lipinski definition) is 3. The highest BCUT2D eigenvalue weighted by Crippen LogP contribution is 2.21. The van der Waals surface area contributed by atoms with Crippen LogP contribution in [0.2, 0.25) is 0 Å². The van der Waals surface area contributed by atoms with Gasteiger partial charge in [-0.1, -0.05) is 24.3 Å². The number of aryl methyl sites for hydroxylation is 1. The number of likely N-dealkylation sites (N-methyl/N-ethyl adjacent to an activating group) is 1. The van der Waals surface area contributed by atoms with Crippen molar-refractivity contribution < 1.29 is 19.2 Å². The van der Waals surface area contributed by atoms with Gasteiger partial charge in [0.1, 0.15) is 11.3 Å². The first-order chi connectivity index (χ1) is 11.4. The van der Waals surface area contributed by atoms with Gasteiger partial charge < -0.3 is 10.2 Å². The van der Waals surface area contributed by atoms with E-state index in [1.54, 1.807) is 18.3 Å². The van der Waals surface area contributed by atoms with Gasteiger partial charge >= 0.3 is 0 Å². The number of thiazole rings is 1. The number of nitrogens with one attached hydrogen (secondary N) is 1. The highest BCUT2D eigenvalue weighted by atomic mass is 32.2. The lowest BCUT2D eigenvalue weighted by molar-refractivity contribution is -0.113. The van der Waals surface area contributed by atoms with Crippen molar-refractivity contribution in [2.45, 2.75) is 6.92 Å². The maximum absolute atomic E-state index is 12.8. The van der Waals surface area contributed by atoms with Crippen LogP contribution < -0.4 is 5.32 Å². The van der Waals surface area contributed by atoms with Gasteiger partial charge in [0.25, 0.3) is 5.91 Å². The minimum absolute atomic E-state index is 0.255. The summed E-state index contributed by atoms with van der Waals surface area (Å²) >= 11 is 1.27. The molecule has 1 aromatic rings. The highest BCUT2D eigenvalue weighted by Gasteiger charge is 2.25. The molecule has 0 aromatic carbocycles. The lowest BCUT2D eigenvalue weighted by Crippen LogP contribution is -2.34. The first-order valence-corrected chi connectivity index (χ1v) is 9.27. The maximum Gasteiger partial charge on any atom is 0.278 e. The third-order valence-corrected chi connectivity index (χ3v) is 5.77. The Hall–Kier alpha value is -2.36. The SMILES string of the molecule is Cc1cnc(NC(=O)/C2=C(O)/C=C/C=C\C=C\S(=O)(=CO)N2C)s1. The summed E-state index contributed by atoms with van der Waals surface area (Å²) in [6.45, 7) is 1.84. The maximum atomic E-state index is 12.8. The molecular formula is C15H17N3O4S2. The van der Waals surface area contributed by atoms with Crippen molar-refractivity contribution in [1.29, 1.82) is 0 Å². The average molecular weight is 367 g/mol. The molecule has 1 atom stereocenters. The molecule has 1 aromatic heterocycles. The van der Waals surface area contributed by atoms with Crippen LogP contribution in [0.1, 0.15) is 4.88 Å². The lowest BCUT2D eigenvalue weighted by atomic mass is 10.3. The Kier molecular flexibility index (Phi) is 5.60. The van der Waals surface area contributed by atoms with Crippen LogP contribution in [-0.2, 0) is 14.5 Å². The zero-order valence-corrected chi connectivity index (χ0v) is 14.7. The molecule has 9 heteroatoms. The number of anilines is 1. The second-order valence-corrected chi connectivity index (χ2v) is 8.25. The fourth-order valence-electron chi connectivity index (χ4n) is 1.84. The van der Waals surface area contributed by atoms with E-state index in [-0.39, 0.29) is 5.70 Å². The Morgan fingerprint density at radius 2 is 2.08 bits per heavy atom. The predicted octanol–water partition coefficient (Wildman–Crippen LogP) is 2.25. The molecule has 1 amide bonds. The summed E-state index contributed by atoms with van der Waals surface area (Å²) in [4.78, 5) is 17.5. The predicted molar refractivity (Wildman–Crippen MR) is 97.2 cm³/mol. The average Bonchev–Trinajstić information content (AvgIpc) is 2.94. The standard InChI is InChI=1S/C15H17N3O4S2/c1-11-9-16-15(23-11)17-14(21)13-12(20)7-5-3-4-6-8-24(22,10-19)18(13)2/h3-10,19-20H,1-2H3,(H,16,17,21)/b4-3-,7-5+,8-6+,13-12+. The van der Waals surface area contributed by atoms with Gasteiger partial charge in [-0.15, -0.1) is 11.3 Å². The van der Waals surface area contributed by atoms with Crippen molar-refractivity contribution in [1.82, 2.24) is 9.29 Å². The number of aliphatic hydroxyl groups is 2. The second-order valence-electron chi connectivity index (χ2n) is 4.75. The molecular weight excluding hydrogens is 350 g/mol. The van der Waals surface area contributed by atoms with Crippen LogP contribution in [0.15, 0.2) is 53.4 Å². The molecule has 0 fully saturated rings. The number of allylic oxidation sites excluding steroid dienone is 5. The first-order valence-electron chi connectivity index (χ1n) is 6.81. The van der Waals surface area contributed by atoms with Crippen LogP contribution in [0.4, 0.5) is 5.13 Å².